The minimum absolute atomic E-state index is 0.0186. The smallest absolute Gasteiger partial charge is 0.308 e. The van der Waals surface area contributed by atoms with Gasteiger partial charge >= 0.3 is 5.97 Å². The second-order valence-corrected chi connectivity index (χ2v) is 4.57. The number of rotatable bonds is 4. The van der Waals surface area contributed by atoms with E-state index >= 15 is 0 Å². The fraction of sp³-hybridized carbons (Fsp3) is 0.308. The Kier molecular flexibility index (Phi) is 3.97. The SMILES string of the molecule is O=C(CN1CC(C(=O)O)CC1=O)Nc1cccc(F)c1. The van der Waals surface area contributed by atoms with E-state index in [2.05, 4.69) is 5.32 Å². The normalized spacial score (nSPS) is 18.1. The standard InChI is InChI=1S/C13H13FN2O4/c14-9-2-1-3-10(5-9)15-11(17)7-16-6-8(13(19)20)4-12(16)18/h1-3,5,8H,4,6-7H2,(H,15,17)(H,19,20). The molecule has 0 saturated carbocycles. The van der Waals surface area contributed by atoms with Gasteiger partial charge in [-0.05, 0) is 18.2 Å². The van der Waals surface area contributed by atoms with Crippen molar-refractivity contribution >= 4 is 23.5 Å². The lowest BCUT2D eigenvalue weighted by Gasteiger charge is -2.15. The fourth-order valence-electron chi connectivity index (χ4n) is 2.03. The van der Waals surface area contributed by atoms with E-state index in [-0.39, 0.29) is 31.1 Å². The van der Waals surface area contributed by atoms with E-state index in [0.29, 0.717) is 0 Å². The van der Waals surface area contributed by atoms with Gasteiger partial charge in [-0.1, -0.05) is 6.07 Å². The number of nitrogens with zero attached hydrogens (tertiary/aromatic N) is 1. The van der Waals surface area contributed by atoms with E-state index in [1.165, 1.54) is 23.1 Å². The zero-order valence-corrected chi connectivity index (χ0v) is 10.5. The second kappa shape index (κ2) is 5.68. The van der Waals surface area contributed by atoms with Gasteiger partial charge in [-0.15, -0.1) is 0 Å². The summed E-state index contributed by atoms with van der Waals surface area (Å²) in [4.78, 5) is 35.3. The number of hydrogen-bond acceptors (Lipinski definition) is 3. The molecule has 1 aliphatic heterocycles. The summed E-state index contributed by atoms with van der Waals surface area (Å²) in [6.07, 6.45) is -0.0947. The summed E-state index contributed by atoms with van der Waals surface area (Å²) >= 11 is 0. The minimum atomic E-state index is -1.05. The van der Waals surface area contributed by atoms with Crippen LogP contribution in [0.2, 0.25) is 0 Å². The molecule has 1 heterocycles. The van der Waals surface area contributed by atoms with Crippen LogP contribution in [0.4, 0.5) is 10.1 Å². The van der Waals surface area contributed by atoms with Crippen molar-refractivity contribution in [3.63, 3.8) is 0 Å². The summed E-state index contributed by atoms with van der Waals surface area (Å²) in [5, 5.41) is 11.3. The lowest BCUT2D eigenvalue weighted by atomic mass is 10.1. The van der Waals surface area contributed by atoms with Crippen LogP contribution in [0.1, 0.15) is 6.42 Å². The first-order chi connectivity index (χ1) is 9.45. The van der Waals surface area contributed by atoms with E-state index in [9.17, 15) is 18.8 Å². The van der Waals surface area contributed by atoms with Gasteiger partial charge in [0.2, 0.25) is 11.8 Å². The highest BCUT2D eigenvalue weighted by Crippen LogP contribution is 2.18. The molecular formula is C13H13FN2O4. The Morgan fingerprint density at radius 3 is 2.80 bits per heavy atom. The number of carboxylic acid groups (broad SMARTS) is 1. The van der Waals surface area contributed by atoms with Crippen molar-refractivity contribution in [2.45, 2.75) is 6.42 Å². The number of aliphatic carboxylic acids is 1. The molecular weight excluding hydrogens is 267 g/mol. The molecule has 1 fully saturated rings. The first-order valence-electron chi connectivity index (χ1n) is 6.01. The lowest BCUT2D eigenvalue weighted by Crippen LogP contribution is -2.34. The maximum atomic E-state index is 12.9. The van der Waals surface area contributed by atoms with E-state index in [0.717, 1.165) is 6.07 Å². The van der Waals surface area contributed by atoms with Crippen molar-refractivity contribution in [3.8, 4) is 0 Å². The molecule has 1 unspecified atom stereocenters. The molecule has 2 N–H and O–H groups in total. The summed E-state index contributed by atoms with van der Waals surface area (Å²) in [5.74, 6) is -3.16. The first-order valence-corrected chi connectivity index (χ1v) is 6.01. The number of likely N-dealkylation sites (tertiary alicyclic amines) is 1. The van der Waals surface area contributed by atoms with Crippen molar-refractivity contribution in [1.29, 1.82) is 0 Å². The zero-order chi connectivity index (χ0) is 14.7. The Morgan fingerprint density at radius 2 is 2.20 bits per heavy atom. The van der Waals surface area contributed by atoms with Gasteiger partial charge in [-0.2, -0.15) is 0 Å². The van der Waals surface area contributed by atoms with Crippen LogP contribution < -0.4 is 5.32 Å². The van der Waals surface area contributed by atoms with Crippen LogP contribution in [-0.2, 0) is 14.4 Å². The molecule has 0 spiro atoms. The van der Waals surface area contributed by atoms with Gasteiger partial charge in [-0.3, -0.25) is 14.4 Å². The van der Waals surface area contributed by atoms with E-state index < -0.39 is 23.6 Å². The molecule has 20 heavy (non-hydrogen) atoms. The molecule has 1 aromatic rings. The maximum absolute atomic E-state index is 12.9. The molecule has 2 amide bonds. The maximum Gasteiger partial charge on any atom is 0.308 e. The van der Waals surface area contributed by atoms with Crippen LogP contribution in [0.15, 0.2) is 24.3 Å². The second-order valence-electron chi connectivity index (χ2n) is 4.57. The van der Waals surface area contributed by atoms with Crippen molar-refractivity contribution in [2.75, 3.05) is 18.4 Å². The Bertz CT molecular complexity index is 561. The lowest BCUT2D eigenvalue weighted by molar-refractivity contribution is -0.141. The van der Waals surface area contributed by atoms with Crippen molar-refractivity contribution in [1.82, 2.24) is 4.90 Å². The molecule has 1 aliphatic rings. The summed E-state index contributed by atoms with van der Waals surface area (Å²) in [5.41, 5.74) is 0.288. The Balaban J connectivity index is 1.92. The van der Waals surface area contributed by atoms with E-state index in [1.54, 1.807) is 0 Å². The largest absolute Gasteiger partial charge is 0.481 e. The third-order valence-electron chi connectivity index (χ3n) is 3.01. The van der Waals surface area contributed by atoms with Crippen LogP contribution in [0.5, 0.6) is 0 Å². The number of halogens is 1. The molecule has 2 rings (SSSR count). The highest BCUT2D eigenvalue weighted by Gasteiger charge is 2.34. The topological polar surface area (TPSA) is 86.7 Å². The number of carbonyl (C=O) groups excluding carboxylic acids is 2. The van der Waals surface area contributed by atoms with Crippen LogP contribution in [-0.4, -0.2) is 40.9 Å². The van der Waals surface area contributed by atoms with Crippen molar-refractivity contribution in [2.24, 2.45) is 5.92 Å². The fourth-order valence-corrected chi connectivity index (χ4v) is 2.03. The number of carbonyl (C=O) groups is 3. The minimum Gasteiger partial charge on any atom is -0.481 e. The summed E-state index contributed by atoms with van der Waals surface area (Å²) in [6.45, 7) is -0.218. The molecule has 7 heteroatoms. The van der Waals surface area contributed by atoms with E-state index in [1.807, 2.05) is 0 Å². The zero-order valence-electron chi connectivity index (χ0n) is 10.5. The third kappa shape index (κ3) is 3.31. The van der Waals surface area contributed by atoms with Gasteiger partial charge < -0.3 is 15.3 Å². The van der Waals surface area contributed by atoms with Crippen LogP contribution in [0, 0.1) is 11.7 Å². The van der Waals surface area contributed by atoms with Gasteiger partial charge in [-0.25, -0.2) is 4.39 Å². The third-order valence-corrected chi connectivity index (χ3v) is 3.01. The average Bonchev–Trinajstić information content (AvgIpc) is 2.71. The quantitative estimate of drug-likeness (QED) is 0.850. The number of anilines is 1. The number of benzene rings is 1. The predicted octanol–water partition coefficient (Wildman–Crippen LogP) is 0.697. The monoisotopic (exact) mass is 280 g/mol. The number of hydrogen-bond donors (Lipinski definition) is 2. The first kappa shape index (κ1) is 14.0. The highest BCUT2D eigenvalue weighted by atomic mass is 19.1. The molecule has 1 saturated heterocycles. The number of carboxylic acids is 1. The van der Waals surface area contributed by atoms with Crippen molar-refractivity contribution < 1.29 is 23.9 Å². The Hall–Kier alpha value is -2.44. The summed E-state index contributed by atoms with van der Waals surface area (Å²) in [7, 11) is 0. The van der Waals surface area contributed by atoms with Gasteiger partial charge in [0.1, 0.15) is 5.82 Å². The molecule has 1 atom stereocenters. The summed E-state index contributed by atoms with van der Waals surface area (Å²) < 4.78 is 12.9. The molecule has 0 aromatic heterocycles. The van der Waals surface area contributed by atoms with Crippen LogP contribution >= 0.6 is 0 Å². The predicted molar refractivity (Wildman–Crippen MR) is 67.4 cm³/mol. The van der Waals surface area contributed by atoms with Crippen molar-refractivity contribution in [3.05, 3.63) is 30.1 Å². The van der Waals surface area contributed by atoms with Gasteiger partial charge in [0.05, 0.1) is 12.5 Å². The van der Waals surface area contributed by atoms with E-state index in [4.69, 9.17) is 5.11 Å². The summed E-state index contributed by atoms with van der Waals surface area (Å²) in [6, 6.07) is 5.38. The van der Waals surface area contributed by atoms with Crippen LogP contribution in [0.25, 0.3) is 0 Å². The average molecular weight is 280 g/mol. The molecule has 6 nitrogen and oxygen atoms in total. The van der Waals surface area contributed by atoms with Crippen LogP contribution in [0.3, 0.4) is 0 Å². The Labute approximate surface area is 114 Å². The molecule has 0 bridgehead atoms. The molecule has 1 aromatic carbocycles. The number of amides is 2. The van der Waals surface area contributed by atoms with Gasteiger partial charge in [0, 0.05) is 18.7 Å². The highest BCUT2D eigenvalue weighted by molar-refractivity contribution is 5.95. The molecule has 106 valence electrons. The molecule has 0 radical (unpaired) electrons. The van der Waals surface area contributed by atoms with Gasteiger partial charge in [0.15, 0.2) is 0 Å². The Morgan fingerprint density at radius 1 is 1.45 bits per heavy atom. The molecule has 0 aliphatic carbocycles. The number of nitrogens with one attached hydrogen (secondary N) is 1. The van der Waals surface area contributed by atoms with Gasteiger partial charge in [0.25, 0.3) is 0 Å².